The van der Waals surface area contributed by atoms with Crippen molar-refractivity contribution >= 4 is 0 Å². The second kappa shape index (κ2) is 11.6. The standard InChI is InChI=1S/C18H36O2/c19-16-10-3-1-6-12-18(14-8-5-9-15-18)13-7-2-4-11-17-20/h19-20H,1-17H2. The molecule has 1 fully saturated rings. The zero-order chi connectivity index (χ0) is 14.5. The van der Waals surface area contributed by atoms with Crippen LogP contribution < -0.4 is 0 Å². The lowest BCUT2D eigenvalue weighted by atomic mass is 9.68. The zero-order valence-electron chi connectivity index (χ0n) is 13.4. The van der Waals surface area contributed by atoms with Gasteiger partial charge in [0.05, 0.1) is 0 Å². The summed E-state index contributed by atoms with van der Waals surface area (Å²) in [5.74, 6) is 0. The third kappa shape index (κ3) is 7.64. The number of rotatable bonds is 12. The Labute approximate surface area is 126 Å². The van der Waals surface area contributed by atoms with E-state index in [1.807, 2.05) is 0 Å². The molecule has 0 spiro atoms. The molecule has 0 aliphatic heterocycles. The normalized spacial score (nSPS) is 18.3. The highest BCUT2D eigenvalue weighted by atomic mass is 16.3. The molecule has 2 heteroatoms. The van der Waals surface area contributed by atoms with E-state index in [0.717, 1.165) is 12.8 Å². The first kappa shape index (κ1) is 18.0. The second-order valence-corrected chi connectivity index (χ2v) is 6.84. The summed E-state index contributed by atoms with van der Waals surface area (Å²) in [7, 11) is 0. The number of aliphatic hydroxyl groups is 2. The first-order valence-corrected chi connectivity index (χ1v) is 9.05. The minimum absolute atomic E-state index is 0.357. The Morgan fingerprint density at radius 1 is 0.550 bits per heavy atom. The maximum atomic E-state index is 8.83. The molecule has 2 N–H and O–H groups in total. The quantitative estimate of drug-likeness (QED) is 0.504. The lowest BCUT2D eigenvalue weighted by Gasteiger charge is -2.38. The lowest BCUT2D eigenvalue weighted by molar-refractivity contribution is 0.145. The average Bonchev–Trinajstić information content (AvgIpc) is 2.48. The number of hydrogen-bond acceptors (Lipinski definition) is 2. The van der Waals surface area contributed by atoms with Crippen molar-refractivity contribution in [1.82, 2.24) is 0 Å². The van der Waals surface area contributed by atoms with Gasteiger partial charge in [-0.15, -0.1) is 0 Å². The van der Waals surface area contributed by atoms with E-state index in [2.05, 4.69) is 0 Å². The summed E-state index contributed by atoms with van der Waals surface area (Å²) < 4.78 is 0. The lowest BCUT2D eigenvalue weighted by Crippen LogP contribution is -2.24. The molecule has 0 radical (unpaired) electrons. The van der Waals surface area contributed by atoms with Gasteiger partial charge in [-0.25, -0.2) is 0 Å². The van der Waals surface area contributed by atoms with Gasteiger partial charge in [0.15, 0.2) is 0 Å². The Bertz CT molecular complexity index is 193. The van der Waals surface area contributed by atoms with Gasteiger partial charge in [-0.05, 0) is 43.9 Å². The van der Waals surface area contributed by atoms with Crippen LogP contribution in [0, 0.1) is 5.41 Å². The molecule has 1 aliphatic rings. The molecular formula is C18H36O2. The fourth-order valence-corrected chi connectivity index (χ4v) is 3.86. The monoisotopic (exact) mass is 284 g/mol. The van der Waals surface area contributed by atoms with E-state index in [1.54, 1.807) is 0 Å². The van der Waals surface area contributed by atoms with Crippen LogP contribution in [0.25, 0.3) is 0 Å². The van der Waals surface area contributed by atoms with Gasteiger partial charge in [-0.2, -0.15) is 0 Å². The van der Waals surface area contributed by atoms with Crippen LogP contribution in [0.4, 0.5) is 0 Å². The third-order valence-electron chi connectivity index (χ3n) is 5.14. The Morgan fingerprint density at radius 3 is 1.45 bits per heavy atom. The van der Waals surface area contributed by atoms with Gasteiger partial charge in [0.1, 0.15) is 0 Å². The first-order valence-electron chi connectivity index (χ1n) is 9.05. The second-order valence-electron chi connectivity index (χ2n) is 6.84. The average molecular weight is 284 g/mol. The molecule has 1 aliphatic carbocycles. The van der Waals surface area contributed by atoms with Gasteiger partial charge < -0.3 is 10.2 Å². The molecule has 0 aromatic carbocycles. The minimum Gasteiger partial charge on any atom is -0.396 e. The molecule has 1 rings (SSSR count). The van der Waals surface area contributed by atoms with Crippen LogP contribution in [0.3, 0.4) is 0 Å². The first-order chi connectivity index (χ1) is 9.83. The fraction of sp³-hybridized carbons (Fsp3) is 1.00. The van der Waals surface area contributed by atoms with Crippen LogP contribution in [-0.2, 0) is 0 Å². The van der Waals surface area contributed by atoms with Crippen LogP contribution >= 0.6 is 0 Å². The van der Waals surface area contributed by atoms with Crippen molar-refractivity contribution in [2.75, 3.05) is 13.2 Å². The predicted molar refractivity (Wildman–Crippen MR) is 85.9 cm³/mol. The summed E-state index contributed by atoms with van der Waals surface area (Å²) in [6.07, 6.45) is 19.7. The van der Waals surface area contributed by atoms with E-state index in [-0.39, 0.29) is 0 Å². The van der Waals surface area contributed by atoms with Crippen molar-refractivity contribution in [3.63, 3.8) is 0 Å². The van der Waals surface area contributed by atoms with Crippen molar-refractivity contribution in [3.8, 4) is 0 Å². The molecule has 1 saturated carbocycles. The Kier molecular flexibility index (Phi) is 10.4. The van der Waals surface area contributed by atoms with Crippen molar-refractivity contribution < 1.29 is 10.2 Å². The smallest absolute Gasteiger partial charge is 0.0431 e. The summed E-state index contributed by atoms with van der Waals surface area (Å²) in [4.78, 5) is 0. The molecule has 120 valence electrons. The predicted octanol–water partition coefficient (Wildman–Crippen LogP) is 4.82. The van der Waals surface area contributed by atoms with Crippen molar-refractivity contribution in [2.45, 2.75) is 96.3 Å². The third-order valence-corrected chi connectivity index (χ3v) is 5.14. The van der Waals surface area contributed by atoms with Crippen molar-refractivity contribution in [3.05, 3.63) is 0 Å². The molecular weight excluding hydrogens is 248 g/mol. The fourth-order valence-electron chi connectivity index (χ4n) is 3.86. The molecule has 0 saturated heterocycles. The summed E-state index contributed by atoms with van der Waals surface area (Å²) >= 11 is 0. The van der Waals surface area contributed by atoms with E-state index in [0.29, 0.717) is 18.6 Å². The van der Waals surface area contributed by atoms with Gasteiger partial charge in [-0.1, -0.05) is 57.8 Å². The van der Waals surface area contributed by atoms with Gasteiger partial charge in [0, 0.05) is 13.2 Å². The van der Waals surface area contributed by atoms with E-state index < -0.39 is 0 Å². The molecule has 0 amide bonds. The largest absolute Gasteiger partial charge is 0.396 e. The molecule has 0 atom stereocenters. The highest BCUT2D eigenvalue weighted by Gasteiger charge is 2.30. The molecule has 0 unspecified atom stereocenters. The van der Waals surface area contributed by atoms with Gasteiger partial charge in [0.2, 0.25) is 0 Å². The van der Waals surface area contributed by atoms with Crippen LogP contribution in [0.2, 0.25) is 0 Å². The number of aliphatic hydroxyl groups excluding tert-OH is 2. The molecule has 0 aromatic rings. The molecule has 0 heterocycles. The SMILES string of the molecule is OCCCCCCC1(CCCCCCO)CCCCC1. The van der Waals surface area contributed by atoms with Crippen LogP contribution in [0.1, 0.15) is 96.3 Å². The van der Waals surface area contributed by atoms with E-state index >= 15 is 0 Å². The van der Waals surface area contributed by atoms with Gasteiger partial charge >= 0.3 is 0 Å². The Hall–Kier alpha value is -0.0800. The maximum Gasteiger partial charge on any atom is 0.0431 e. The van der Waals surface area contributed by atoms with Crippen molar-refractivity contribution in [1.29, 1.82) is 0 Å². The highest BCUT2D eigenvalue weighted by Crippen LogP contribution is 2.44. The number of hydrogen-bond donors (Lipinski definition) is 2. The molecule has 0 aromatic heterocycles. The van der Waals surface area contributed by atoms with E-state index in [1.165, 1.54) is 83.5 Å². The van der Waals surface area contributed by atoms with Gasteiger partial charge in [0.25, 0.3) is 0 Å². The topological polar surface area (TPSA) is 40.5 Å². The molecule has 0 bridgehead atoms. The van der Waals surface area contributed by atoms with Crippen LogP contribution in [-0.4, -0.2) is 23.4 Å². The van der Waals surface area contributed by atoms with Gasteiger partial charge in [-0.3, -0.25) is 0 Å². The Balaban J connectivity index is 2.22. The van der Waals surface area contributed by atoms with Crippen molar-refractivity contribution in [2.24, 2.45) is 5.41 Å². The zero-order valence-corrected chi connectivity index (χ0v) is 13.4. The number of unbranched alkanes of at least 4 members (excludes halogenated alkanes) is 6. The molecule has 20 heavy (non-hydrogen) atoms. The minimum atomic E-state index is 0.357. The summed E-state index contributed by atoms with van der Waals surface area (Å²) in [5.41, 5.74) is 0.649. The Morgan fingerprint density at radius 2 is 1.00 bits per heavy atom. The summed E-state index contributed by atoms with van der Waals surface area (Å²) in [6, 6.07) is 0. The summed E-state index contributed by atoms with van der Waals surface area (Å²) in [6.45, 7) is 0.714. The van der Waals surface area contributed by atoms with E-state index in [4.69, 9.17) is 10.2 Å². The van der Waals surface area contributed by atoms with E-state index in [9.17, 15) is 0 Å². The van der Waals surface area contributed by atoms with Crippen LogP contribution in [0.15, 0.2) is 0 Å². The summed E-state index contributed by atoms with van der Waals surface area (Å²) in [5, 5.41) is 17.7. The highest BCUT2D eigenvalue weighted by molar-refractivity contribution is 4.82. The maximum absolute atomic E-state index is 8.83. The molecule has 2 nitrogen and oxygen atoms in total. The van der Waals surface area contributed by atoms with Crippen LogP contribution in [0.5, 0.6) is 0 Å².